The molecule has 7 heteroatoms. The molecule has 0 aromatic heterocycles. The summed E-state index contributed by atoms with van der Waals surface area (Å²) in [6.07, 6.45) is 0.821. The minimum atomic E-state index is -0.0700. The van der Waals surface area contributed by atoms with Crippen LogP contribution in [0.3, 0.4) is 0 Å². The fourth-order valence-electron chi connectivity index (χ4n) is 1.32. The van der Waals surface area contributed by atoms with Gasteiger partial charge >= 0.3 is 0 Å². The third-order valence-corrected chi connectivity index (χ3v) is 2.18. The van der Waals surface area contributed by atoms with Crippen molar-refractivity contribution < 1.29 is 26.7 Å². The molecule has 1 aliphatic rings. The second kappa shape index (κ2) is 10.5. The molecule has 0 amide bonds. The Morgan fingerprint density at radius 1 is 0.765 bits per heavy atom. The SMILES string of the molecule is [Ni].[O-]C1=NCCNCCC([O-])=NCCNCC1. The summed E-state index contributed by atoms with van der Waals surface area (Å²) in [7, 11) is 0. The van der Waals surface area contributed by atoms with Crippen molar-refractivity contribution in [1.29, 1.82) is 0 Å². The van der Waals surface area contributed by atoms with E-state index in [1.54, 1.807) is 0 Å². The molecule has 0 aromatic rings. The van der Waals surface area contributed by atoms with E-state index in [0.717, 1.165) is 0 Å². The third-order valence-electron chi connectivity index (χ3n) is 2.18. The van der Waals surface area contributed by atoms with Crippen molar-refractivity contribution in [2.45, 2.75) is 12.8 Å². The van der Waals surface area contributed by atoms with Gasteiger partial charge in [0.1, 0.15) is 0 Å². The van der Waals surface area contributed by atoms with Gasteiger partial charge in [0.25, 0.3) is 0 Å². The quantitative estimate of drug-likeness (QED) is 0.480. The maximum atomic E-state index is 11.2. The zero-order valence-corrected chi connectivity index (χ0v) is 10.7. The normalized spacial score (nSPS) is 20.5. The predicted molar refractivity (Wildman–Crippen MR) is 59.6 cm³/mol. The van der Waals surface area contributed by atoms with Crippen LogP contribution in [0.4, 0.5) is 0 Å². The molecule has 0 spiro atoms. The Hall–Kier alpha value is -0.646. The van der Waals surface area contributed by atoms with Crippen LogP contribution < -0.4 is 20.8 Å². The van der Waals surface area contributed by atoms with Gasteiger partial charge < -0.3 is 30.8 Å². The van der Waals surface area contributed by atoms with Crippen LogP contribution in [-0.2, 0) is 16.5 Å². The predicted octanol–water partition coefficient (Wildman–Crippen LogP) is -2.53. The molecule has 17 heavy (non-hydrogen) atoms. The summed E-state index contributed by atoms with van der Waals surface area (Å²) in [5.74, 6) is -0.140. The molecular weight excluding hydrogens is 267 g/mol. The van der Waals surface area contributed by atoms with Crippen LogP contribution in [0.1, 0.15) is 12.8 Å². The van der Waals surface area contributed by atoms with Gasteiger partial charge in [-0.05, 0) is 37.7 Å². The molecule has 0 aromatic carbocycles. The van der Waals surface area contributed by atoms with Gasteiger partial charge in [-0.1, -0.05) is 0 Å². The van der Waals surface area contributed by atoms with E-state index in [1.165, 1.54) is 0 Å². The van der Waals surface area contributed by atoms with Gasteiger partial charge in [0, 0.05) is 29.6 Å². The van der Waals surface area contributed by atoms with Gasteiger partial charge in [0.05, 0.1) is 13.1 Å². The zero-order chi connectivity index (χ0) is 11.6. The minimum absolute atomic E-state index is 0. The Balaban J connectivity index is 0.00000256. The summed E-state index contributed by atoms with van der Waals surface area (Å²) >= 11 is 0. The van der Waals surface area contributed by atoms with Crippen LogP contribution in [0, 0.1) is 0 Å². The molecule has 0 atom stereocenters. The fourth-order valence-corrected chi connectivity index (χ4v) is 1.32. The molecule has 6 nitrogen and oxygen atoms in total. The van der Waals surface area contributed by atoms with Crippen molar-refractivity contribution in [3.05, 3.63) is 0 Å². The summed E-state index contributed by atoms with van der Waals surface area (Å²) in [6, 6.07) is 0. The number of aliphatic imine (C=N–C) groups is 2. The van der Waals surface area contributed by atoms with Gasteiger partial charge in [-0.2, -0.15) is 0 Å². The van der Waals surface area contributed by atoms with Gasteiger partial charge in [-0.15, -0.1) is 0 Å². The van der Waals surface area contributed by atoms with Crippen molar-refractivity contribution >= 4 is 11.8 Å². The molecule has 0 fully saturated rings. The van der Waals surface area contributed by atoms with E-state index < -0.39 is 0 Å². The van der Waals surface area contributed by atoms with Crippen molar-refractivity contribution in [2.24, 2.45) is 9.98 Å². The average molecular weight is 285 g/mol. The molecule has 0 radical (unpaired) electrons. The molecule has 0 aliphatic carbocycles. The molecule has 0 unspecified atom stereocenters. The first-order valence-electron chi connectivity index (χ1n) is 5.61. The topological polar surface area (TPSA) is 94.9 Å². The Morgan fingerprint density at radius 2 is 1.18 bits per heavy atom. The molecule has 102 valence electrons. The van der Waals surface area contributed by atoms with Gasteiger partial charge in [0.15, 0.2) is 0 Å². The van der Waals surface area contributed by atoms with Crippen molar-refractivity contribution in [3.63, 3.8) is 0 Å². The second-order valence-electron chi connectivity index (χ2n) is 3.55. The standard InChI is InChI=1S/C10H20N4O2.Ni/c15-9-1-3-11-5-8-14-10(16)2-4-12-6-7-13-9;/h11-12H,1-8H2,(H,13,15)(H,14,16);/p-2. The van der Waals surface area contributed by atoms with Crippen molar-refractivity contribution in [2.75, 3.05) is 39.3 Å². The van der Waals surface area contributed by atoms with Gasteiger partial charge in [-0.3, -0.25) is 0 Å². The van der Waals surface area contributed by atoms with Crippen LogP contribution in [-0.4, -0.2) is 51.1 Å². The van der Waals surface area contributed by atoms with Crippen LogP contribution in [0.2, 0.25) is 0 Å². The summed E-state index contributed by atoms with van der Waals surface area (Å²) in [4.78, 5) is 7.76. The minimum Gasteiger partial charge on any atom is -0.862 e. The summed E-state index contributed by atoms with van der Waals surface area (Å²) in [6.45, 7) is 3.41. The van der Waals surface area contributed by atoms with Crippen LogP contribution in [0.25, 0.3) is 0 Å². The largest absolute Gasteiger partial charge is 0.862 e. The smallest absolute Gasteiger partial charge is 0.0503 e. The van der Waals surface area contributed by atoms with Crippen molar-refractivity contribution in [1.82, 2.24) is 10.6 Å². The first-order valence-corrected chi connectivity index (χ1v) is 5.61. The monoisotopic (exact) mass is 284 g/mol. The van der Waals surface area contributed by atoms with E-state index in [2.05, 4.69) is 20.6 Å². The summed E-state index contributed by atoms with van der Waals surface area (Å²) in [5, 5.41) is 28.5. The molecule has 1 heterocycles. The van der Waals surface area contributed by atoms with E-state index in [4.69, 9.17) is 0 Å². The number of rotatable bonds is 0. The van der Waals surface area contributed by atoms with Crippen LogP contribution in [0.5, 0.6) is 0 Å². The van der Waals surface area contributed by atoms with E-state index in [9.17, 15) is 10.2 Å². The van der Waals surface area contributed by atoms with E-state index in [0.29, 0.717) is 52.1 Å². The molecular formula is C10H18N4NiO2-2. The second-order valence-corrected chi connectivity index (χ2v) is 3.55. The number of hydrogen-bond donors (Lipinski definition) is 2. The number of nitrogens with one attached hydrogen (secondary N) is 2. The first kappa shape index (κ1) is 16.4. The Bertz CT molecular complexity index is 233. The summed E-state index contributed by atoms with van der Waals surface area (Å²) < 4.78 is 0. The first-order chi connectivity index (χ1) is 7.79. The average Bonchev–Trinajstić information content (AvgIpc) is 2.27. The third kappa shape index (κ3) is 9.09. The Morgan fingerprint density at radius 3 is 1.59 bits per heavy atom. The molecule has 1 rings (SSSR count). The molecule has 2 N–H and O–H groups in total. The number of nitrogens with zero attached hydrogens (tertiary/aromatic N) is 2. The maximum Gasteiger partial charge on any atom is 0.0503 e. The molecule has 0 saturated carbocycles. The number of hydrogen-bond acceptors (Lipinski definition) is 6. The maximum absolute atomic E-state index is 11.2. The fraction of sp³-hybridized carbons (Fsp3) is 0.800. The van der Waals surface area contributed by atoms with Crippen LogP contribution >= 0.6 is 0 Å². The van der Waals surface area contributed by atoms with E-state index in [1.807, 2.05) is 0 Å². The van der Waals surface area contributed by atoms with Gasteiger partial charge in [-0.25, -0.2) is 0 Å². The molecule has 1 aliphatic heterocycles. The van der Waals surface area contributed by atoms with Crippen molar-refractivity contribution in [3.8, 4) is 0 Å². The van der Waals surface area contributed by atoms with Crippen LogP contribution in [0.15, 0.2) is 9.98 Å². The van der Waals surface area contributed by atoms with Gasteiger partial charge in [0.2, 0.25) is 0 Å². The Labute approximate surface area is 112 Å². The molecule has 0 saturated heterocycles. The van der Waals surface area contributed by atoms with E-state index >= 15 is 0 Å². The van der Waals surface area contributed by atoms with E-state index in [-0.39, 0.29) is 28.3 Å². The zero-order valence-electron chi connectivity index (χ0n) is 9.68. The summed E-state index contributed by atoms with van der Waals surface area (Å²) in [5.41, 5.74) is 0. The molecule has 0 bridgehead atoms. The Kier molecular flexibility index (Phi) is 10.1.